The zero-order valence-corrected chi connectivity index (χ0v) is 11.6. The number of fused-ring (bicyclic) bond motifs is 1. The summed E-state index contributed by atoms with van der Waals surface area (Å²) in [5, 5.41) is 0.577. The molecule has 0 fully saturated rings. The second-order valence-corrected chi connectivity index (χ2v) is 5.01. The first kappa shape index (κ1) is 13.5. The van der Waals surface area contributed by atoms with Gasteiger partial charge in [0.25, 0.3) is 5.24 Å². The normalized spacial score (nSPS) is 10.5. The summed E-state index contributed by atoms with van der Waals surface area (Å²) in [5.41, 5.74) is 0.938. The Morgan fingerprint density at radius 3 is 2.79 bits per heavy atom. The van der Waals surface area contributed by atoms with Crippen molar-refractivity contribution in [2.45, 2.75) is 4.90 Å². The predicted octanol–water partition coefficient (Wildman–Crippen LogP) is 3.03. The topological polar surface area (TPSA) is 59.8 Å². The lowest BCUT2D eigenvalue weighted by Gasteiger charge is -2.13. The lowest BCUT2D eigenvalue weighted by atomic mass is 10.1. The number of amides is 1. The lowest BCUT2D eigenvalue weighted by molar-refractivity contribution is 0.112. The average molecular weight is 279 g/mol. The van der Waals surface area contributed by atoms with Gasteiger partial charge in [-0.1, -0.05) is 0 Å². The highest BCUT2D eigenvalue weighted by Crippen LogP contribution is 2.39. The number of hydrogen-bond donors (Lipinski definition) is 0. The first-order valence-corrected chi connectivity index (χ1v) is 6.32. The van der Waals surface area contributed by atoms with Gasteiger partial charge in [-0.15, -0.1) is 0 Å². The number of ether oxygens (including phenoxy) is 1. The Hall–Kier alpha value is -1.95. The number of methoxy groups -OCH3 is 1. The molecule has 1 amide bonds. The van der Waals surface area contributed by atoms with Crippen LogP contribution < -0.4 is 4.74 Å². The zero-order valence-electron chi connectivity index (χ0n) is 10.8. The summed E-state index contributed by atoms with van der Waals surface area (Å²) in [6.07, 6.45) is 2.23. The van der Waals surface area contributed by atoms with Crippen molar-refractivity contribution in [3.63, 3.8) is 0 Å². The molecule has 0 aliphatic heterocycles. The summed E-state index contributed by atoms with van der Waals surface area (Å²) in [7, 11) is 4.78. The molecular formula is C13H13NO4S. The summed E-state index contributed by atoms with van der Waals surface area (Å²) in [4.78, 5) is 24.9. The van der Waals surface area contributed by atoms with Crippen LogP contribution in [0.2, 0.25) is 0 Å². The summed E-state index contributed by atoms with van der Waals surface area (Å²) in [6, 6.07) is 3.42. The van der Waals surface area contributed by atoms with Crippen LogP contribution in [-0.2, 0) is 0 Å². The second kappa shape index (κ2) is 5.36. The minimum atomic E-state index is -0.188. The van der Waals surface area contributed by atoms with Crippen LogP contribution in [0.15, 0.2) is 27.7 Å². The van der Waals surface area contributed by atoms with Crippen molar-refractivity contribution in [3.8, 4) is 5.75 Å². The van der Waals surface area contributed by atoms with Crippen LogP contribution in [0.25, 0.3) is 11.0 Å². The van der Waals surface area contributed by atoms with Crippen LogP contribution in [-0.4, -0.2) is 37.6 Å². The van der Waals surface area contributed by atoms with Crippen molar-refractivity contribution in [3.05, 3.63) is 24.0 Å². The maximum atomic E-state index is 11.8. The number of thioether (sulfide) groups is 1. The fourth-order valence-corrected chi connectivity index (χ4v) is 2.49. The smallest absolute Gasteiger partial charge is 0.286 e. The third kappa shape index (κ3) is 2.44. The Kier molecular flexibility index (Phi) is 3.80. The molecular weight excluding hydrogens is 266 g/mol. The van der Waals surface area contributed by atoms with Gasteiger partial charge in [-0.2, -0.15) is 0 Å². The number of hydrogen-bond acceptors (Lipinski definition) is 5. The van der Waals surface area contributed by atoms with Gasteiger partial charge in [0.1, 0.15) is 0 Å². The fraction of sp³-hybridized carbons (Fsp3) is 0.231. The van der Waals surface area contributed by atoms with Crippen LogP contribution in [0.5, 0.6) is 5.75 Å². The zero-order chi connectivity index (χ0) is 14.0. The van der Waals surface area contributed by atoms with Gasteiger partial charge in [0.05, 0.1) is 18.3 Å². The van der Waals surface area contributed by atoms with Gasteiger partial charge in [-0.05, 0) is 23.9 Å². The van der Waals surface area contributed by atoms with E-state index in [0.717, 1.165) is 17.1 Å². The van der Waals surface area contributed by atoms with Crippen molar-refractivity contribution in [1.82, 2.24) is 4.90 Å². The third-order valence-electron chi connectivity index (χ3n) is 2.57. The highest BCUT2D eigenvalue weighted by atomic mass is 32.2. The SMILES string of the molecule is COc1c(SC(=O)N(C)C)c(C=O)cc2ccoc12. The van der Waals surface area contributed by atoms with Crippen LogP contribution in [0.1, 0.15) is 10.4 Å². The quantitative estimate of drug-likeness (QED) is 0.638. The van der Waals surface area contributed by atoms with Crippen LogP contribution in [0.3, 0.4) is 0 Å². The van der Waals surface area contributed by atoms with Gasteiger partial charge < -0.3 is 14.1 Å². The predicted molar refractivity (Wildman–Crippen MR) is 73.1 cm³/mol. The van der Waals surface area contributed by atoms with Crippen molar-refractivity contribution in [2.75, 3.05) is 21.2 Å². The first-order chi connectivity index (χ1) is 9.08. The van der Waals surface area contributed by atoms with Crippen LogP contribution >= 0.6 is 11.8 Å². The molecule has 0 unspecified atom stereocenters. The number of rotatable bonds is 3. The largest absolute Gasteiger partial charge is 0.492 e. The number of carbonyl (C=O) groups excluding carboxylic acids is 2. The van der Waals surface area contributed by atoms with Crippen molar-refractivity contribution in [2.24, 2.45) is 0 Å². The molecule has 0 radical (unpaired) electrons. The number of benzene rings is 1. The number of carbonyl (C=O) groups is 2. The van der Waals surface area contributed by atoms with Crippen molar-refractivity contribution in [1.29, 1.82) is 0 Å². The Labute approximate surface area is 114 Å². The molecule has 2 rings (SSSR count). The average Bonchev–Trinajstić information content (AvgIpc) is 2.85. The summed E-state index contributed by atoms with van der Waals surface area (Å²) >= 11 is 0.943. The van der Waals surface area contributed by atoms with E-state index in [-0.39, 0.29) is 5.24 Å². The molecule has 0 N–H and O–H groups in total. The van der Waals surface area contributed by atoms with Gasteiger partial charge in [-0.25, -0.2) is 0 Å². The number of nitrogens with zero attached hydrogens (tertiary/aromatic N) is 1. The van der Waals surface area contributed by atoms with E-state index in [1.165, 1.54) is 18.3 Å². The molecule has 0 spiro atoms. The molecule has 1 aromatic carbocycles. The van der Waals surface area contributed by atoms with Gasteiger partial charge in [0.15, 0.2) is 17.6 Å². The molecule has 6 heteroatoms. The van der Waals surface area contributed by atoms with Crippen molar-refractivity contribution >= 4 is 34.3 Å². The van der Waals surface area contributed by atoms with Crippen molar-refractivity contribution < 1.29 is 18.7 Å². The molecule has 0 saturated carbocycles. The van der Waals surface area contributed by atoms with Gasteiger partial charge in [0, 0.05) is 25.0 Å². The first-order valence-electron chi connectivity index (χ1n) is 5.51. The molecule has 2 aromatic rings. The number of aldehydes is 1. The van der Waals surface area contributed by atoms with E-state index < -0.39 is 0 Å². The summed E-state index contributed by atoms with van der Waals surface area (Å²) in [5.74, 6) is 0.407. The molecule has 0 aliphatic carbocycles. The second-order valence-electron chi connectivity index (χ2n) is 4.05. The minimum Gasteiger partial charge on any atom is -0.492 e. The van der Waals surface area contributed by atoms with E-state index in [1.54, 1.807) is 26.2 Å². The summed E-state index contributed by atoms with van der Waals surface area (Å²) < 4.78 is 10.6. The standard InChI is InChI=1S/C13H13NO4S/c1-14(2)13(16)19-12-9(7-15)6-8-4-5-18-10(8)11(12)17-3/h4-7H,1-3H3. The highest BCUT2D eigenvalue weighted by Gasteiger charge is 2.20. The molecule has 100 valence electrons. The van der Waals surface area contributed by atoms with Gasteiger partial charge in [0.2, 0.25) is 0 Å². The maximum absolute atomic E-state index is 11.8. The minimum absolute atomic E-state index is 0.188. The Morgan fingerprint density at radius 1 is 1.47 bits per heavy atom. The van der Waals surface area contributed by atoms with Crippen LogP contribution in [0, 0.1) is 0 Å². The van der Waals surface area contributed by atoms with E-state index in [1.807, 2.05) is 0 Å². The lowest BCUT2D eigenvalue weighted by Crippen LogP contribution is -2.16. The van der Waals surface area contributed by atoms with Gasteiger partial charge in [-0.3, -0.25) is 9.59 Å². The monoisotopic (exact) mass is 279 g/mol. The van der Waals surface area contributed by atoms with E-state index >= 15 is 0 Å². The Balaban J connectivity index is 2.61. The highest BCUT2D eigenvalue weighted by molar-refractivity contribution is 8.13. The molecule has 19 heavy (non-hydrogen) atoms. The number of furan rings is 1. The summed E-state index contributed by atoms with van der Waals surface area (Å²) in [6.45, 7) is 0. The molecule has 1 heterocycles. The van der Waals surface area contributed by atoms with E-state index in [2.05, 4.69) is 0 Å². The van der Waals surface area contributed by atoms with E-state index in [9.17, 15) is 9.59 Å². The third-order valence-corrected chi connectivity index (χ3v) is 3.73. The molecule has 0 saturated heterocycles. The Bertz CT molecular complexity index is 633. The Morgan fingerprint density at radius 2 is 2.21 bits per heavy atom. The molecule has 0 atom stereocenters. The maximum Gasteiger partial charge on any atom is 0.286 e. The molecule has 5 nitrogen and oxygen atoms in total. The molecule has 0 aliphatic rings. The fourth-order valence-electron chi connectivity index (χ4n) is 1.64. The molecule has 1 aromatic heterocycles. The van der Waals surface area contributed by atoms with Crippen LogP contribution in [0.4, 0.5) is 4.79 Å². The van der Waals surface area contributed by atoms with Gasteiger partial charge >= 0.3 is 0 Å². The van der Waals surface area contributed by atoms with E-state index in [4.69, 9.17) is 9.15 Å². The van der Waals surface area contributed by atoms with E-state index in [0.29, 0.717) is 28.1 Å². The molecule has 0 bridgehead atoms.